The molecule has 0 aromatic rings. The molecule has 20 atom stereocenters. The highest BCUT2D eigenvalue weighted by Crippen LogP contribution is 2.75. The van der Waals surface area contributed by atoms with Crippen LogP contribution in [0.5, 0.6) is 0 Å². The molecule has 56 heavy (non-hydrogen) atoms. The van der Waals surface area contributed by atoms with E-state index in [9.17, 15) is 51.1 Å². The first kappa shape index (κ1) is 44.7. The van der Waals surface area contributed by atoms with E-state index >= 15 is 0 Å². The molecule has 2 saturated heterocycles. The summed E-state index contributed by atoms with van der Waals surface area (Å²) in [6, 6.07) is 0. The van der Waals surface area contributed by atoms with E-state index in [2.05, 4.69) is 47.6 Å². The van der Waals surface area contributed by atoms with Gasteiger partial charge in [0, 0.05) is 5.41 Å². The predicted octanol–water partition coefficient (Wildman–Crippen LogP) is 1.12. The van der Waals surface area contributed by atoms with Gasteiger partial charge in [0.2, 0.25) is 0 Å². The number of rotatable bonds is 11. The summed E-state index contributed by atoms with van der Waals surface area (Å²) in [5.41, 5.74) is -0.325. The van der Waals surface area contributed by atoms with Gasteiger partial charge in [-0.3, -0.25) is 0 Å². The Balaban J connectivity index is 1.14. The Hall–Kier alpha value is -0.820. The minimum atomic E-state index is -1.66. The molecule has 10 N–H and O–H groups in total. The second-order valence-electron chi connectivity index (χ2n) is 20.3. The van der Waals surface area contributed by atoms with Gasteiger partial charge in [-0.25, -0.2) is 0 Å². The van der Waals surface area contributed by atoms with Crippen molar-refractivity contribution < 1.29 is 70.0 Å². The number of hydrogen-bond acceptors (Lipinski definition) is 14. The summed E-state index contributed by atoms with van der Waals surface area (Å²) in [7, 11) is 0. The van der Waals surface area contributed by atoms with Gasteiger partial charge >= 0.3 is 0 Å². The van der Waals surface area contributed by atoms with Crippen LogP contribution in [0.4, 0.5) is 0 Å². The van der Waals surface area contributed by atoms with E-state index in [1.54, 1.807) is 0 Å². The second-order valence-corrected chi connectivity index (χ2v) is 20.3. The maximum atomic E-state index is 11.0. The lowest BCUT2D eigenvalue weighted by atomic mass is 9.39. The minimum Gasteiger partial charge on any atom is -0.394 e. The summed E-state index contributed by atoms with van der Waals surface area (Å²) < 4.78 is 23.6. The summed E-state index contributed by atoms with van der Waals surface area (Å²) in [6.45, 7) is 15.9. The molecule has 14 nitrogen and oxygen atoms in total. The van der Waals surface area contributed by atoms with E-state index in [4.69, 9.17) is 18.9 Å². The standard InChI is InChI=1S/C42H72O14/c1-20(17-24(44)35(51)39(4,5)52)21-13-14-42(8)27-11-9-22-23(40(27,6)15-16-41(21,42)7)10-12-28(38(22,2)3)56-37-34(50)32(48)30(46)26(55-37)19-53-36-33(49)31(47)29(45)25(18-43)54-36/h9,20-21,23-37,43-52H,10-19H2,1-8H3/t20-,21-,23-,24-,25-,26-,27-,28?,29+,30+,31+,32+,33-,34-,35-,36-,37+,40+,41-,42+/m1/s1. The lowest BCUT2D eigenvalue weighted by Gasteiger charge is -2.66. The van der Waals surface area contributed by atoms with Crippen molar-refractivity contribution in [2.24, 2.45) is 45.3 Å². The van der Waals surface area contributed by atoms with Crippen LogP contribution in [0, 0.1) is 45.3 Å². The summed E-state index contributed by atoms with van der Waals surface area (Å²) >= 11 is 0. The molecule has 6 rings (SSSR count). The van der Waals surface area contributed by atoms with Crippen molar-refractivity contribution in [2.45, 2.75) is 192 Å². The average molecular weight is 801 g/mol. The first-order valence-electron chi connectivity index (χ1n) is 21.0. The lowest BCUT2D eigenvalue weighted by Crippen LogP contribution is -2.63. The Bertz CT molecular complexity index is 1400. The van der Waals surface area contributed by atoms with Crippen LogP contribution in [0.1, 0.15) is 107 Å². The largest absolute Gasteiger partial charge is 0.394 e. The second kappa shape index (κ2) is 15.9. The number of fused-ring (bicyclic) bond motifs is 5. The van der Waals surface area contributed by atoms with Gasteiger partial charge in [0.25, 0.3) is 0 Å². The van der Waals surface area contributed by atoms with Gasteiger partial charge in [-0.1, -0.05) is 53.2 Å². The van der Waals surface area contributed by atoms with Crippen molar-refractivity contribution in [3.63, 3.8) is 0 Å². The molecule has 324 valence electrons. The third-order valence-corrected chi connectivity index (χ3v) is 16.5. The number of aliphatic hydroxyl groups is 10. The third kappa shape index (κ3) is 7.37. The maximum Gasteiger partial charge on any atom is 0.187 e. The molecule has 5 fully saturated rings. The fourth-order valence-electron chi connectivity index (χ4n) is 12.7. The van der Waals surface area contributed by atoms with Crippen molar-refractivity contribution >= 4 is 0 Å². The summed E-state index contributed by atoms with van der Waals surface area (Å²) in [5.74, 6) is 1.33. The van der Waals surface area contributed by atoms with Crippen LogP contribution in [0.2, 0.25) is 0 Å². The highest BCUT2D eigenvalue weighted by molar-refractivity contribution is 5.30. The number of hydrogen-bond donors (Lipinski definition) is 10. The first-order valence-corrected chi connectivity index (χ1v) is 21.0. The Morgan fingerprint density at radius 2 is 1.39 bits per heavy atom. The van der Waals surface area contributed by atoms with Crippen LogP contribution in [0.25, 0.3) is 0 Å². The molecule has 2 heterocycles. The monoisotopic (exact) mass is 800 g/mol. The van der Waals surface area contributed by atoms with E-state index in [-0.39, 0.29) is 28.3 Å². The van der Waals surface area contributed by atoms with E-state index in [0.29, 0.717) is 30.6 Å². The zero-order valence-electron chi connectivity index (χ0n) is 34.6. The van der Waals surface area contributed by atoms with Crippen molar-refractivity contribution in [2.75, 3.05) is 13.2 Å². The molecule has 0 aromatic carbocycles. The lowest BCUT2D eigenvalue weighted by molar-refractivity contribution is -0.340. The predicted molar refractivity (Wildman–Crippen MR) is 202 cm³/mol. The maximum absolute atomic E-state index is 11.0. The van der Waals surface area contributed by atoms with E-state index < -0.39 is 97.8 Å². The van der Waals surface area contributed by atoms with Crippen LogP contribution < -0.4 is 0 Å². The van der Waals surface area contributed by atoms with Crippen molar-refractivity contribution in [1.29, 1.82) is 0 Å². The van der Waals surface area contributed by atoms with Crippen molar-refractivity contribution in [3.05, 3.63) is 11.6 Å². The molecule has 0 aromatic heterocycles. The summed E-state index contributed by atoms with van der Waals surface area (Å²) in [6.07, 6.45) is -7.75. The quantitative estimate of drug-likeness (QED) is 0.132. The van der Waals surface area contributed by atoms with Gasteiger partial charge in [0.05, 0.1) is 31.0 Å². The SMILES string of the molecule is C[C@H](C[C@@H](O)[C@@H](O)C(C)(C)O)[C@H]1CC[C@@]2(C)[C@@H]3CC=C4[C@@H](CCC(O[C@@H]5O[C@H](CO[C@@H]6O[C@H](CO)[C@H](O)[C@H](O)[C@H]6O)[C@H](O)[C@H](O)[C@H]5O)C4(C)C)[C@]3(C)CC[C@]12C. The molecule has 4 aliphatic carbocycles. The molecular formula is C42H72O14. The summed E-state index contributed by atoms with van der Waals surface area (Å²) in [5, 5.41) is 105. The third-order valence-electron chi connectivity index (χ3n) is 16.5. The van der Waals surface area contributed by atoms with Gasteiger partial charge in [0.15, 0.2) is 12.6 Å². The number of ether oxygens (including phenoxy) is 4. The topological polar surface area (TPSA) is 239 Å². The molecule has 14 heteroatoms. The first-order chi connectivity index (χ1) is 25.9. The zero-order chi connectivity index (χ0) is 41.5. The zero-order valence-corrected chi connectivity index (χ0v) is 34.6. The molecule has 6 aliphatic rings. The Kier molecular flexibility index (Phi) is 12.7. The highest BCUT2D eigenvalue weighted by atomic mass is 16.7. The molecule has 0 radical (unpaired) electrons. The van der Waals surface area contributed by atoms with Crippen molar-refractivity contribution in [3.8, 4) is 0 Å². The number of aliphatic hydroxyl groups excluding tert-OH is 9. The fourth-order valence-corrected chi connectivity index (χ4v) is 12.7. The molecule has 0 spiro atoms. The molecule has 0 amide bonds. The molecule has 2 aliphatic heterocycles. The molecule has 3 saturated carbocycles. The smallest absolute Gasteiger partial charge is 0.187 e. The Morgan fingerprint density at radius 1 is 0.786 bits per heavy atom. The van der Waals surface area contributed by atoms with Gasteiger partial charge in [-0.15, -0.1) is 0 Å². The molecule has 1 unspecified atom stereocenters. The van der Waals surface area contributed by atoms with Crippen LogP contribution >= 0.6 is 0 Å². The molecular weight excluding hydrogens is 728 g/mol. The normalized spacial score (nSPS) is 49.6. The van der Waals surface area contributed by atoms with Gasteiger partial charge in [0.1, 0.15) is 54.9 Å². The van der Waals surface area contributed by atoms with Crippen LogP contribution in [0.3, 0.4) is 0 Å². The van der Waals surface area contributed by atoms with Gasteiger partial charge < -0.3 is 70.0 Å². The van der Waals surface area contributed by atoms with Crippen LogP contribution in [0.15, 0.2) is 11.6 Å². The van der Waals surface area contributed by atoms with Crippen LogP contribution in [-0.4, -0.2) is 150 Å². The van der Waals surface area contributed by atoms with Gasteiger partial charge in [-0.05, 0) is 105 Å². The average Bonchev–Trinajstić information content (AvgIpc) is 3.41. The van der Waals surface area contributed by atoms with Gasteiger partial charge in [-0.2, -0.15) is 0 Å². The van der Waals surface area contributed by atoms with Crippen LogP contribution in [-0.2, 0) is 18.9 Å². The van der Waals surface area contributed by atoms with E-state index in [0.717, 1.165) is 38.5 Å². The molecule has 0 bridgehead atoms. The highest BCUT2D eigenvalue weighted by Gasteiger charge is 2.67. The Morgan fingerprint density at radius 3 is 2.02 bits per heavy atom. The van der Waals surface area contributed by atoms with E-state index in [1.165, 1.54) is 19.4 Å². The fraction of sp³-hybridized carbons (Fsp3) is 0.952. The summed E-state index contributed by atoms with van der Waals surface area (Å²) in [4.78, 5) is 0. The minimum absolute atomic E-state index is 0.0450. The van der Waals surface area contributed by atoms with Crippen molar-refractivity contribution in [1.82, 2.24) is 0 Å². The van der Waals surface area contributed by atoms with E-state index in [1.807, 2.05) is 0 Å². The Labute approximate surface area is 331 Å². The number of allylic oxidation sites excluding steroid dienone is 1.